The van der Waals surface area contributed by atoms with Gasteiger partial charge in [0.25, 0.3) is 5.91 Å². The first kappa shape index (κ1) is 18.9. The van der Waals surface area contributed by atoms with Gasteiger partial charge in [-0.05, 0) is 37.8 Å². The zero-order chi connectivity index (χ0) is 18.5. The second-order valence-electron chi connectivity index (χ2n) is 7.05. The van der Waals surface area contributed by atoms with E-state index in [4.69, 9.17) is 0 Å². The Morgan fingerprint density at radius 2 is 1.85 bits per heavy atom. The number of hydrogen-bond acceptors (Lipinski definition) is 5. The Labute approximate surface area is 154 Å². The molecular weight excluding hydrogens is 333 g/mol. The predicted molar refractivity (Wildman–Crippen MR) is 98.3 cm³/mol. The van der Waals surface area contributed by atoms with Crippen LogP contribution in [0.3, 0.4) is 0 Å². The minimum absolute atomic E-state index is 0.0198. The van der Waals surface area contributed by atoms with E-state index in [9.17, 15) is 19.6 Å². The van der Waals surface area contributed by atoms with Crippen molar-refractivity contribution in [2.75, 3.05) is 26.2 Å². The highest BCUT2D eigenvalue weighted by molar-refractivity contribution is 6.43. The van der Waals surface area contributed by atoms with Gasteiger partial charge in [0.1, 0.15) is 0 Å². The number of benzene rings is 1. The predicted octanol–water partition coefficient (Wildman–Crippen LogP) is -0.116. The third kappa shape index (κ3) is 4.44. The molecule has 2 aliphatic heterocycles. The number of nitrogens with one attached hydrogen (secondary N) is 1. The molecule has 3 N–H and O–H groups in total. The van der Waals surface area contributed by atoms with Gasteiger partial charge in [-0.15, -0.1) is 0 Å². The molecule has 8 heteroatoms. The van der Waals surface area contributed by atoms with E-state index in [0.717, 1.165) is 25.8 Å². The summed E-state index contributed by atoms with van der Waals surface area (Å²) >= 11 is 0. The molecule has 2 amide bonds. The Kier molecular flexibility index (Phi) is 6.29. The Morgan fingerprint density at radius 3 is 2.58 bits per heavy atom. The SMILES string of the molecule is O=C(c1ccccc1)N1CCC[C@@H](NCC(=O)N2CCC[C@H]2B(O)O)C1. The van der Waals surface area contributed by atoms with Crippen LogP contribution >= 0.6 is 0 Å². The standard InChI is InChI=1S/C18H26BN3O4/c23-17(22-11-5-9-16(22)19(25)26)12-20-15-8-4-10-21(13-15)18(24)14-6-2-1-3-7-14/h1-3,6-7,15-16,20,25-26H,4-5,8-13H2/t15-,16+/m1/s1. The number of amides is 2. The number of carbonyl (C=O) groups excluding carboxylic acids is 2. The first-order valence-electron chi connectivity index (χ1n) is 9.29. The number of hydrogen-bond donors (Lipinski definition) is 3. The monoisotopic (exact) mass is 359 g/mol. The summed E-state index contributed by atoms with van der Waals surface area (Å²) < 4.78 is 0. The molecule has 0 bridgehead atoms. The van der Waals surface area contributed by atoms with Crippen LogP contribution < -0.4 is 5.32 Å². The van der Waals surface area contributed by atoms with Crippen molar-refractivity contribution in [3.8, 4) is 0 Å². The maximum Gasteiger partial charge on any atom is 0.475 e. The van der Waals surface area contributed by atoms with Crippen molar-refractivity contribution < 1.29 is 19.6 Å². The highest BCUT2D eigenvalue weighted by Gasteiger charge is 2.36. The highest BCUT2D eigenvalue weighted by Crippen LogP contribution is 2.18. The van der Waals surface area contributed by atoms with Crippen LogP contribution in [-0.4, -0.2) is 76.9 Å². The van der Waals surface area contributed by atoms with Gasteiger partial charge < -0.3 is 25.2 Å². The third-order valence-corrected chi connectivity index (χ3v) is 5.24. The van der Waals surface area contributed by atoms with Crippen molar-refractivity contribution in [3.05, 3.63) is 35.9 Å². The largest absolute Gasteiger partial charge is 0.475 e. The smallest absolute Gasteiger partial charge is 0.426 e. The molecule has 2 saturated heterocycles. The maximum atomic E-state index is 12.6. The molecule has 0 unspecified atom stereocenters. The van der Waals surface area contributed by atoms with Crippen LogP contribution in [-0.2, 0) is 4.79 Å². The minimum atomic E-state index is -1.49. The molecule has 0 spiro atoms. The third-order valence-electron chi connectivity index (χ3n) is 5.24. The van der Waals surface area contributed by atoms with Gasteiger partial charge in [-0.2, -0.15) is 0 Å². The van der Waals surface area contributed by atoms with Crippen molar-refractivity contribution in [1.29, 1.82) is 0 Å². The van der Waals surface area contributed by atoms with Crippen molar-refractivity contribution in [2.45, 2.75) is 37.7 Å². The van der Waals surface area contributed by atoms with E-state index in [1.165, 1.54) is 0 Å². The molecule has 0 saturated carbocycles. The van der Waals surface area contributed by atoms with E-state index in [-0.39, 0.29) is 24.4 Å². The topological polar surface area (TPSA) is 93.1 Å². The average molecular weight is 359 g/mol. The average Bonchev–Trinajstić information content (AvgIpc) is 3.17. The lowest BCUT2D eigenvalue weighted by Crippen LogP contribution is -2.52. The highest BCUT2D eigenvalue weighted by atomic mass is 16.4. The van der Waals surface area contributed by atoms with Gasteiger partial charge in [-0.25, -0.2) is 0 Å². The molecule has 2 fully saturated rings. The molecule has 0 aliphatic carbocycles. The van der Waals surface area contributed by atoms with Gasteiger partial charge in [0.05, 0.1) is 12.5 Å². The Hall–Kier alpha value is -1.90. The van der Waals surface area contributed by atoms with Gasteiger partial charge in [-0.3, -0.25) is 9.59 Å². The van der Waals surface area contributed by atoms with Crippen LogP contribution in [0.2, 0.25) is 0 Å². The number of likely N-dealkylation sites (tertiary alicyclic amines) is 2. The summed E-state index contributed by atoms with van der Waals surface area (Å²) in [5.74, 6) is -0.606. The van der Waals surface area contributed by atoms with Crippen LogP contribution in [0.25, 0.3) is 0 Å². The zero-order valence-electron chi connectivity index (χ0n) is 14.9. The summed E-state index contributed by atoms with van der Waals surface area (Å²) in [5.41, 5.74) is 0.682. The maximum absolute atomic E-state index is 12.6. The van der Waals surface area contributed by atoms with Gasteiger partial charge in [0.15, 0.2) is 0 Å². The molecular formula is C18H26BN3O4. The van der Waals surface area contributed by atoms with Crippen molar-refractivity contribution in [1.82, 2.24) is 15.1 Å². The molecule has 0 radical (unpaired) electrons. The van der Waals surface area contributed by atoms with Crippen LogP contribution in [0.5, 0.6) is 0 Å². The lowest BCUT2D eigenvalue weighted by molar-refractivity contribution is -0.130. The second-order valence-corrected chi connectivity index (χ2v) is 7.05. The van der Waals surface area contributed by atoms with Gasteiger partial charge >= 0.3 is 7.12 Å². The van der Waals surface area contributed by atoms with E-state index in [1.54, 1.807) is 4.90 Å². The Bertz CT molecular complexity index is 628. The first-order valence-corrected chi connectivity index (χ1v) is 9.29. The summed E-state index contributed by atoms with van der Waals surface area (Å²) in [6, 6.07) is 9.30. The number of rotatable bonds is 5. The lowest BCUT2D eigenvalue weighted by atomic mass is 9.78. The fourth-order valence-corrected chi connectivity index (χ4v) is 3.84. The Morgan fingerprint density at radius 1 is 1.12 bits per heavy atom. The molecule has 3 rings (SSSR count). The van der Waals surface area contributed by atoms with Crippen molar-refractivity contribution in [2.24, 2.45) is 0 Å². The van der Waals surface area contributed by atoms with E-state index in [0.29, 0.717) is 25.1 Å². The number of piperidine rings is 1. The molecule has 2 atom stereocenters. The summed E-state index contributed by atoms with van der Waals surface area (Å²) in [4.78, 5) is 28.4. The summed E-state index contributed by atoms with van der Waals surface area (Å²) in [6.45, 7) is 2.02. The molecule has 1 aromatic carbocycles. The molecule has 0 aromatic heterocycles. The van der Waals surface area contributed by atoms with E-state index in [1.807, 2.05) is 35.2 Å². The van der Waals surface area contributed by atoms with E-state index >= 15 is 0 Å². The molecule has 1 aromatic rings. The van der Waals surface area contributed by atoms with Crippen molar-refractivity contribution >= 4 is 18.9 Å². The Balaban J connectivity index is 1.51. The fourth-order valence-electron chi connectivity index (χ4n) is 3.84. The fraction of sp³-hybridized carbons (Fsp3) is 0.556. The van der Waals surface area contributed by atoms with Crippen LogP contribution in [0.1, 0.15) is 36.0 Å². The molecule has 7 nitrogen and oxygen atoms in total. The van der Waals surface area contributed by atoms with Crippen LogP contribution in [0.4, 0.5) is 0 Å². The van der Waals surface area contributed by atoms with Gasteiger partial charge in [-0.1, -0.05) is 18.2 Å². The van der Waals surface area contributed by atoms with Gasteiger partial charge in [0.2, 0.25) is 5.91 Å². The summed E-state index contributed by atoms with van der Waals surface area (Å²) in [7, 11) is -1.49. The first-order chi connectivity index (χ1) is 12.6. The van der Waals surface area contributed by atoms with Crippen LogP contribution in [0, 0.1) is 0 Å². The zero-order valence-corrected chi connectivity index (χ0v) is 14.9. The van der Waals surface area contributed by atoms with E-state index < -0.39 is 13.1 Å². The number of carbonyl (C=O) groups is 2. The summed E-state index contributed by atoms with van der Waals surface area (Å²) in [6.07, 6.45) is 3.22. The summed E-state index contributed by atoms with van der Waals surface area (Å²) in [5, 5.41) is 22.0. The second kappa shape index (κ2) is 8.66. The van der Waals surface area contributed by atoms with Crippen LogP contribution in [0.15, 0.2) is 30.3 Å². The van der Waals surface area contributed by atoms with Gasteiger partial charge in [0, 0.05) is 31.2 Å². The molecule has 2 aliphatic rings. The molecule has 140 valence electrons. The number of nitrogens with zero attached hydrogens (tertiary/aromatic N) is 2. The quantitative estimate of drug-likeness (QED) is 0.638. The lowest BCUT2D eigenvalue weighted by Gasteiger charge is -2.34. The molecule has 2 heterocycles. The van der Waals surface area contributed by atoms with Crippen molar-refractivity contribution in [3.63, 3.8) is 0 Å². The van der Waals surface area contributed by atoms with E-state index in [2.05, 4.69) is 5.32 Å². The minimum Gasteiger partial charge on any atom is -0.426 e. The normalized spacial score (nSPS) is 23.2. The molecule has 26 heavy (non-hydrogen) atoms.